The molecule has 0 aromatic heterocycles. The Morgan fingerprint density at radius 1 is 1.53 bits per heavy atom. The molecule has 0 unspecified atom stereocenters. The van der Waals surface area contributed by atoms with Crippen LogP contribution >= 0.6 is 0 Å². The van der Waals surface area contributed by atoms with Crippen LogP contribution in [0.5, 0.6) is 0 Å². The van der Waals surface area contributed by atoms with Crippen molar-refractivity contribution in [2.45, 2.75) is 26.3 Å². The summed E-state index contributed by atoms with van der Waals surface area (Å²) in [5.41, 5.74) is 12.6. The lowest BCUT2D eigenvalue weighted by Crippen LogP contribution is -2.19. The molecule has 1 aromatic rings. The Kier molecular flexibility index (Phi) is 3.55. The highest BCUT2D eigenvalue weighted by Gasteiger charge is 2.09. The van der Waals surface area contributed by atoms with Gasteiger partial charge in [-0.15, -0.1) is 0 Å². The van der Waals surface area contributed by atoms with Crippen molar-refractivity contribution in [3.05, 3.63) is 23.8 Å². The predicted molar refractivity (Wildman–Crippen MR) is 62.7 cm³/mol. The fraction of sp³-hybridized carbons (Fsp3) is 0.364. The molecule has 1 rings (SSSR count). The molecule has 1 aromatic carbocycles. The first-order valence-corrected chi connectivity index (χ1v) is 5.00. The Bertz CT molecular complexity index is 363. The fourth-order valence-electron chi connectivity index (χ4n) is 1.26. The number of nitrogens with two attached hydrogens (primary N) is 2. The number of amides is 1. The number of nitrogen functional groups attached to an aromatic ring is 1. The first-order chi connectivity index (χ1) is 7.04. The maximum absolute atomic E-state index is 11.2. The zero-order valence-electron chi connectivity index (χ0n) is 9.08. The summed E-state index contributed by atoms with van der Waals surface area (Å²) in [6.07, 6.45) is 0.975. The van der Waals surface area contributed by atoms with Gasteiger partial charge in [-0.1, -0.05) is 6.92 Å². The van der Waals surface area contributed by atoms with E-state index in [4.69, 9.17) is 11.5 Å². The quantitative estimate of drug-likeness (QED) is 0.655. The van der Waals surface area contributed by atoms with Gasteiger partial charge in [0.2, 0.25) is 0 Å². The van der Waals surface area contributed by atoms with Crippen LogP contribution in [0.4, 0.5) is 11.4 Å². The number of primary amides is 1. The van der Waals surface area contributed by atoms with Crippen LogP contribution < -0.4 is 16.8 Å². The minimum Gasteiger partial charge on any atom is -0.399 e. The van der Waals surface area contributed by atoms with Gasteiger partial charge in [-0.2, -0.15) is 0 Å². The molecule has 0 heterocycles. The van der Waals surface area contributed by atoms with Crippen LogP contribution in [-0.2, 0) is 0 Å². The third kappa shape index (κ3) is 2.87. The zero-order chi connectivity index (χ0) is 11.4. The molecule has 0 aliphatic carbocycles. The molecule has 0 saturated carbocycles. The highest BCUT2D eigenvalue weighted by molar-refractivity contribution is 5.99. The molecule has 0 saturated heterocycles. The van der Waals surface area contributed by atoms with Crippen molar-refractivity contribution >= 4 is 17.3 Å². The Morgan fingerprint density at radius 3 is 2.73 bits per heavy atom. The van der Waals surface area contributed by atoms with Gasteiger partial charge in [0.1, 0.15) is 0 Å². The van der Waals surface area contributed by atoms with E-state index >= 15 is 0 Å². The van der Waals surface area contributed by atoms with Gasteiger partial charge >= 0.3 is 0 Å². The first kappa shape index (κ1) is 11.4. The number of rotatable bonds is 4. The van der Waals surface area contributed by atoms with E-state index in [1.54, 1.807) is 18.2 Å². The number of hydrogen-bond acceptors (Lipinski definition) is 3. The minimum absolute atomic E-state index is 0.298. The molecule has 0 radical (unpaired) electrons. The van der Waals surface area contributed by atoms with Crippen LogP contribution in [0.25, 0.3) is 0 Å². The van der Waals surface area contributed by atoms with Crippen molar-refractivity contribution in [2.24, 2.45) is 5.73 Å². The van der Waals surface area contributed by atoms with Crippen molar-refractivity contribution in [1.29, 1.82) is 0 Å². The van der Waals surface area contributed by atoms with Crippen molar-refractivity contribution in [3.8, 4) is 0 Å². The fourth-order valence-corrected chi connectivity index (χ4v) is 1.26. The van der Waals surface area contributed by atoms with Gasteiger partial charge in [-0.05, 0) is 31.5 Å². The van der Waals surface area contributed by atoms with Gasteiger partial charge in [0, 0.05) is 17.4 Å². The van der Waals surface area contributed by atoms with Crippen molar-refractivity contribution in [1.82, 2.24) is 0 Å². The second-order valence-corrected chi connectivity index (χ2v) is 3.62. The van der Waals surface area contributed by atoms with Crippen molar-refractivity contribution in [3.63, 3.8) is 0 Å². The van der Waals surface area contributed by atoms with Crippen LogP contribution in [0.15, 0.2) is 18.2 Å². The van der Waals surface area contributed by atoms with Gasteiger partial charge in [-0.3, -0.25) is 4.79 Å². The van der Waals surface area contributed by atoms with Crippen LogP contribution in [0.3, 0.4) is 0 Å². The first-order valence-electron chi connectivity index (χ1n) is 5.00. The van der Waals surface area contributed by atoms with E-state index in [0.29, 0.717) is 17.3 Å². The topological polar surface area (TPSA) is 81.1 Å². The van der Waals surface area contributed by atoms with Crippen LogP contribution in [0.2, 0.25) is 0 Å². The van der Waals surface area contributed by atoms with Gasteiger partial charge in [0.05, 0.1) is 5.56 Å². The summed E-state index contributed by atoms with van der Waals surface area (Å²) in [4.78, 5) is 11.2. The lowest BCUT2D eigenvalue weighted by molar-refractivity contribution is 0.100. The number of anilines is 2. The monoisotopic (exact) mass is 207 g/mol. The molecule has 4 nitrogen and oxygen atoms in total. The Labute approximate surface area is 89.6 Å². The van der Waals surface area contributed by atoms with Crippen LogP contribution in [0, 0.1) is 0 Å². The summed E-state index contributed by atoms with van der Waals surface area (Å²) in [5.74, 6) is -0.465. The van der Waals surface area contributed by atoms with Crippen molar-refractivity contribution in [2.75, 3.05) is 11.1 Å². The number of benzene rings is 1. The third-order valence-corrected chi connectivity index (χ3v) is 2.32. The van der Waals surface area contributed by atoms with E-state index in [0.717, 1.165) is 12.1 Å². The molecule has 0 spiro atoms. The molecule has 5 N–H and O–H groups in total. The summed E-state index contributed by atoms with van der Waals surface area (Å²) in [5, 5.41) is 3.21. The van der Waals surface area contributed by atoms with Crippen LogP contribution in [-0.4, -0.2) is 11.9 Å². The Balaban J connectivity index is 3.01. The molecule has 1 amide bonds. The molecule has 4 heteroatoms. The number of carbonyl (C=O) groups is 1. The molecular formula is C11H17N3O. The summed E-state index contributed by atoms with van der Waals surface area (Å²) < 4.78 is 0. The number of nitrogens with one attached hydrogen (secondary N) is 1. The van der Waals surface area contributed by atoms with Gasteiger partial charge in [0.25, 0.3) is 5.91 Å². The second kappa shape index (κ2) is 4.68. The average Bonchev–Trinajstić information content (AvgIpc) is 2.20. The molecule has 0 aliphatic rings. The van der Waals surface area contributed by atoms with E-state index in [9.17, 15) is 4.79 Å². The predicted octanol–water partition coefficient (Wildman–Crippen LogP) is 1.58. The normalized spacial score (nSPS) is 12.1. The van der Waals surface area contributed by atoms with Gasteiger partial charge in [-0.25, -0.2) is 0 Å². The van der Waals surface area contributed by atoms with E-state index < -0.39 is 5.91 Å². The standard InChI is InChI=1S/C11H17N3O/c1-3-7(2)14-10-5-4-8(12)6-9(10)11(13)15/h4-7,14H,3,12H2,1-2H3,(H2,13,15)/t7-/m0/s1. The van der Waals surface area contributed by atoms with E-state index in [1.807, 2.05) is 6.92 Å². The third-order valence-electron chi connectivity index (χ3n) is 2.32. The maximum Gasteiger partial charge on any atom is 0.250 e. The molecular weight excluding hydrogens is 190 g/mol. The van der Waals surface area contributed by atoms with E-state index in [1.165, 1.54) is 0 Å². The summed E-state index contributed by atoms with van der Waals surface area (Å²) >= 11 is 0. The molecule has 1 atom stereocenters. The highest BCUT2D eigenvalue weighted by Crippen LogP contribution is 2.19. The molecule has 15 heavy (non-hydrogen) atoms. The second-order valence-electron chi connectivity index (χ2n) is 3.62. The largest absolute Gasteiger partial charge is 0.399 e. The number of hydrogen-bond donors (Lipinski definition) is 3. The van der Waals surface area contributed by atoms with Gasteiger partial charge < -0.3 is 16.8 Å². The Morgan fingerprint density at radius 2 is 2.20 bits per heavy atom. The summed E-state index contributed by atoms with van der Waals surface area (Å²) in [7, 11) is 0. The summed E-state index contributed by atoms with van der Waals surface area (Å²) in [6, 6.07) is 5.41. The lowest BCUT2D eigenvalue weighted by atomic mass is 10.1. The molecule has 0 bridgehead atoms. The SMILES string of the molecule is CC[C@H](C)Nc1ccc(N)cc1C(N)=O. The van der Waals surface area contributed by atoms with Gasteiger partial charge in [0.15, 0.2) is 0 Å². The zero-order valence-corrected chi connectivity index (χ0v) is 9.08. The number of carbonyl (C=O) groups excluding carboxylic acids is 1. The molecule has 82 valence electrons. The summed E-state index contributed by atoms with van der Waals surface area (Å²) in [6.45, 7) is 4.11. The average molecular weight is 207 g/mol. The molecule has 0 fully saturated rings. The van der Waals surface area contributed by atoms with E-state index in [-0.39, 0.29) is 0 Å². The Hall–Kier alpha value is -1.71. The van der Waals surface area contributed by atoms with Crippen LogP contribution in [0.1, 0.15) is 30.6 Å². The lowest BCUT2D eigenvalue weighted by Gasteiger charge is -2.15. The van der Waals surface area contributed by atoms with Crippen molar-refractivity contribution < 1.29 is 4.79 Å². The smallest absolute Gasteiger partial charge is 0.250 e. The molecule has 0 aliphatic heterocycles. The minimum atomic E-state index is -0.465. The highest BCUT2D eigenvalue weighted by atomic mass is 16.1. The maximum atomic E-state index is 11.2. The van der Waals surface area contributed by atoms with E-state index in [2.05, 4.69) is 12.2 Å².